The maximum atomic E-state index is 10.5. The monoisotopic (exact) mass is 364 g/mol. The fourth-order valence-electron chi connectivity index (χ4n) is 1.45. The molecule has 0 fully saturated rings. The van der Waals surface area contributed by atoms with Crippen LogP contribution in [-0.4, -0.2) is 15.9 Å². The third-order valence-corrected chi connectivity index (χ3v) is 3.20. The van der Waals surface area contributed by atoms with Gasteiger partial charge in [-0.2, -0.15) is 0 Å². The van der Waals surface area contributed by atoms with Crippen LogP contribution in [-0.2, 0) is 4.57 Å². The minimum absolute atomic E-state index is 0. The quantitative estimate of drug-likeness (QED) is 0.486. The van der Waals surface area contributed by atoms with Gasteiger partial charge in [-0.3, -0.25) is 4.57 Å². The van der Waals surface area contributed by atoms with Gasteiger partial charge in [0.15, 0.2) is 0 Å². The number of rotatable bonds is 9. The van der Waals surface area contributed by atoms with Crippen molar-refractivity contribution in [1.29, 1.82) is 0 Å². The van der Waals surface area contributed by atoms with Crippen LogP contribution in [0.15, 0.2) is 0 Å². The van der Waals surface area contributed by atoms with E-state index in [0.717, 1.165) is 12.8 Å². The average Bonchev–Trinajstić information content (AvgIpc) is 2.08. The van der Waals surface area contributed by atoms with Crippen molar-refractivity contribution in [2.45, 2.75) is 58.3 Å². The molecule has 0 saturated carbocycles. The molecule has 0 aliphatic rings. The van der Waals surface area contributed by atoms with Crippen molar-refractivity contribution in [2.24, 2.45) is 0 Å². The Morgan fingerprint density at radius 1 is 0.867 bits per heavy atom. The molecule has 0 heterocycles. The van der Waals surface area contributed by atoms with E-state index in [-0.39, 0.29) is 47.0 Å². The van der Waals surface area contributed by atoms with Crippen LogP contribution >= 0.6 is 7.60 Å². The second-order valence-corrected chi connectivity index (χ2v) is 5.64. The van der Waals surface area contributed by atoms with Gasteiger partial charge in [0.25, 0.3) is 0 Å². The first-order chi connectivity index (χ1) is 6.56. The molecule has 5 heteroatoms. The molecule has 0 aliphatic heterocycles. The summed E-state index contributed by atoms with van der Waals surface area (Å²) in [5, 5.41) is 0. The van der Waals surface area contributed by atoms with E-state index in [9.17, 15) is 4.57 Å². The van der Waals surface area contributed by atoms with E-state index in [1.165, 1.54) is 32.1 Å². The summed E-state index contributed by atoms with van der Waals surface area (Å²) in [6.45, 7) is 2.19. The molecule has 0 aromatic rings. The molecule has 0 radical (unpaired) electrons. The van der Waals surface area contributed by atoms with Crippen LogP contribution in [0.4, 0.5) is 0 Å². The second-order valence-electron chi connectivity index (χ2n) is 3.86. The van der Waals surface area contributed by atoms with Crippen LogP contribution in [0.5, 0.6) is 0 Å². The molecule has 2 N–H and O–H groups in total. The molecule has 0 spiro atoms. The van der Waals surface area contributed by atoms with E-state index in [1.54, 1.807) is 0 Å². The largest absolute Gasteiger partial charge is 0.325 e. The smallest absolute Gasteiger partial charge is 0.324 e. The summed E-state index contributed by atoms with van der Waals surface area (Å²) in [6.07, 6.45) is 9.14. The molecule has 15 heavy (non-hydrogen) atoms. The predicted molar refractivity (Wildman–Crippen MR) is 59.5 cm³/mol. The number of hydrogen-bond donors (Lipinski definition) is 2. The van der Waals surface area contributed by atoms with E-state index in [2.05, 4.69) is 6.92 Å². The van der Waals surface area contributed by atoms with Crippen molar-refractivity contribution in [3.63, 3.8) is 0 Å². The first kappa shape index (κ1) is 18.9. The predicted octanol–water partition coefficient (Wildman–Crippen LogP) is 3.30. The van der Waals surface area contributed by atoms with Gasteiger partial charge in [0.2, 0.25) is 0 Å². The van der Waals surface area contributed by atoms with Gasteiger partial charge in [0.1, 0.15) is 0 Å². The fraction of sp³-hybridized carbons (Fsp3) is 1.00. The fourth-order valence-corrected chi connectivity index (χ4v) is 2.09. The molecule has 0 unspecified atom stereocenters. The molecule has 0 aromatic heterocycles. The Morgan fingerprint density at radius 2 is 1.27 bits per heavy atom. The summed E-state index contributed by atoms with van der Waals surface area (Å²) < 4.78 is 10.5. The Bertz CT molecular complexity index is 170. The van der Waals surface area contributed by atoms with E-state index in [0.29, 0.717) is 6.42 Å². The van der Waals surface area contributed by atoms with Crippen LogP contribution in [0.25, 0.3) is 0 Å². The van der Waals surface area contributed by atoms with Crippen molar-refractivity contribution < 1.29 is 55.2 Å². The third kappa shape index (κ3) is 18.1. The Labute approximate surface area is 126 Å². The van der Waals surface area contributed by atoms with Gasteiger partial charge in [-0.25, -0.2) is 0 Å². The first-order valence-corrected chi connectivity index (χ1v) is 7.40. The Balaban J connectivity index is 0. The minimum Gasteiger partial charge on any atom is -0.324 e. The summed E-state index contributed by atoms with van der Waals surface area (Å²) in [5.74, 6) is 0. The summed E-state index contributed by atoms with van der Waals surface area (Å²) in [7, 11) is -3.73. The molecule has 0 atom stereocenters. The minimum atomic E-state index is -3.73. The van der Waals surface area contributed by atoms with Gasteiger partial charge in [-0.15, -0.1) is 0 Å². The van der Waals surface area contributed by atoms with E-state index < -0.39 is 7.60 Å². The van der Waals surface area contributed by atoms with Crippen molar-refractivity contribution >= 4 is 7.60 Å². The molecule has 0 aromatic carbocycles. The SMILES string of the molecule is CCCCCCCCCCP(=O)(O)O.[Nd]. The zero-order valence-electron chi connectivity index (χ0n) is 9.61. The topological polar surface area (TPSA) is 57.5 Å². The summed E-state index contributed by atoms with van der Waals surface area (Å²) >= 11 is 0. The summed E-state index contributed by atoms with van der Waals surface area (Å²) in [5.41, 5.74) is 0. The Kier molecular flexibility index (Phi) is 15.0. The molecule has 0 rings (SSSR count). The van der Waals surface area contributed by atoms with Crippen molar-refractivity contribution in [3.8, 4) is 0 Å². The van der Waals surface area contributed by atoms with Crippen LogP contribution in [0.3, 0.4) is 0 Å². The van der Waals surface area contributed by atoms with Gasteiger partial charge in [-0.1, -0.05) is 51.9 Å². The molecule has 0 amide bonds. The first-order valence-electron chi connectivity index (χ1n) is 5.61. The van der Waals surface area contributed by atoms with Gasteiger partial charge in [-0.05, 0) is 6.42 Å². The Morgan fingerprint density at radius 3 is 1.67 bits per heavy atom. The zero-order valence-corrected chi connectivity index (χ0v) is 13.7. The van der Waals surface area contributed by atoms with Crippen molar-refractivity contribution in [3.05, 3.63) is 0 Å². The maximum Gasteiger partial charge on any atom is 0.325 e. The molecule has 0 bridgehead atoms. The van der Waals surface area contributed by atoms with Gasteiger partial charge in [0.05, 0.1) is 0 Å². The number of unbranched alkanes of at least 4 members (excludes halogenated alkanes) is 7. The van der Waals surface area contributed by atoms with Crippen LogP contribution in [0.2, 0.25) is 0 Å². The van der Waals surface area contributed by atoms with Crippen LogP contribution in [0.1, 0.15) is 58.3 Å². The van der Waals surface area contributed by atoms with Gasteiger partial charge >= 0.3 is 7.60 Å². The molecular weight excluding hydrogens is 343 g/mol. The van der Waals surface area contributed by atoms with E-state index >= 15 is 0 Å². The van der Waals surface area contributed by atoms with Crippen LogP contribution in [0, 0.1) is 40.8 Å². The molecule has 0 saturated heterocycles. The maximum absolute atomic E-state index is 10.5. The average molecular weight is 367 g/mol. The molecule has 3 nitrogen and oxygen atoms in total. The second kappa shape index (κ2) is 12.0. The normalized spacial score (nSPS) is 11.1. The standard InChI is InChI=1S/C10H23O3P.Nd/c1-2-3-4-5-6-7-8-9-10-14(11,12)13;/h2-10H2,1H3,(H2,11,12,13);. The van der Waals surface area contributed by atoms with E-state index in [1.807, 2.05) is 0 Å². The van der Waals surface area contributed by atoms with Crippen LogP contribution < -0.4 is 0 Å². The Hall–Kier alpha value is 1.50. The molecule has 0 aliphatic carbocycles. The van der Waals surface area contributed by atoms with Gasteiger partial charge in [0, 0.05) is 47.0 Å². The van der Waals surface area contributed by atoms with Crippen molar-refractivity contribution in [1.82, 2.24) is 0 Å². The third-order valence-electron chi connectivity index (χ3n) is 2.30. The molecular formula is C10H23NdO3P. The van der Waals surface area contributed by atoms with E-state index in [4.69, 9.17) is 9.79 Å². The zero-order chi connectivity index (χ0) is 10.9. The summed E-state index contributed by atoms with van der Waals surface area (Å²) in [6, 6.07) is 0. The van der Waals surface area contributed by atoms with Crippen molar-refractivity contribution in [2.75, 3.05) is 6.16 Å². The van der Waals surface area contributed by atoms with Gasteiger partial charge < -0.3 is 9.79 Å². The molecule has 90 valence electrons. The summed E-state index contributed by atoms with van der Waals surface area (Å²) in [4.78, 5) is 17.2. The number of hydrogen-bond acceptors (Lipinski definition) is 1.